The molecule has 0 aromatic rings. The van der Waals surface area contributed by atoms with Gasteiger partial charge < -0.3 is 10.6 Å². The van der Waals surface area contributed by atoms with Gasteiger partial charge in [0.2, 0.25) is 5.91 Å². The molecular weight excluding hydrogens is 190 g/mol. The minimum atomic E-state index is 0.220. The van der Waals surface area contributed by atoms with E-state index in [2.05, 4.69) is 11.8 Å². The van der Waals surface area contributed by atoms with E-state index in [1.807, 2.05) is 7.05 Å². The highest BCUT2D eigenvalue weighted by molar-refractivity contribution is 5.78. The number of nitrogens with two attached hydrogens (primary N) is 1. The second kappa shape index (κ2) is 6.08. The van der Waals surface area contributed by atoms with E-state index in [0.717, 1.165) is 32.0 Å². The van der Waals surface area contributed by atoms with Gasteiger partial charge in [-0.2, -0.15) is 0 Å². The Bertz CT molecular complexity index is 208. The minimum absolute atomic E-state index is 0.220. The van der Waals surface area contributed by atoms with E-state index in [1.54, 1.807) is 4.90 Å². The molecule has 1 heterocycles. The fourth-order valence-corrected chi connectivity index (χ4v) is 1.94. The lowest BCUT2D eigenvalue weighted by Gasteiger charge is -2.21. The van der Waals surface area contributed by atoms with E-state index in [9.17, 15) is 4.79 Å². The molecule has 1 rings (SSSR count). The van der Waals surface area contributed by atoms with Gasteiger partial charge in [-0.1, -0.05) is 6.92 Å². The summed E-state index contributed by atoms with van der Waals surface area (Å²) in [5.74, 6) is 0.963. The van der Waals surface area contributed by atoms with E-state index < -0.39 is 0 Å². The van der Waals surface area contributed by atoms with Gasteiger partial charge in [0.15, 0.2) is 0 Å². The van der Waals surface area contributed by atoms with Crippen molar-refractivity contribution in [2.24, 2.45) is 11.7 Å². The average Bonchev–Trinajstić information content (AvgIpc) is 2.60. The van der Waals surface area contributed by atoms with Crippen molar-refractivity contribution < 1.29 is 4.79 Å². The summed E-state index contributed by atoms with van der Waals surface area (Å²) in [6.45, 7) is 6.37. The molecule has 1 aliphatic rings. The summed E-state index contributed by atoms with van der Waals surface area (Å²) in [5, 5.41) is 0. The van der Waals surface area contributed by atoms with Crippen LogP contribution in [-0.4, -0.2) is 55.5 Å². The Balaban J connectivity index is 2.22. The van der Waals surface area contributed by atoms with Crippen LogP contribution in [0.2, 0.25) is 0 Å². The Morgan fingerprint density at radius 2 is 2.33 bits per heavy atom. The minimum Gasteiger partial charge on any atom is -0.345 e. The zero-order valence-corrected chi connectivity index (χ0v) is 9.91. The average molecular weight is 213 g/mol. The van der Waals surface area contributed by atoms with E-state index in [-0.39, 0.29) is 5.91 Å². The Kier molecular flexibility index (Phi) is 5.05. The monoisotopic (exact) mass is 213 g/mol. The Labute approximate surface area is 92.4 Å². The molecule has 0 bridgehead atoms. The normalized spacial score (nSPS) is 21.9. The van der Waals surface area contributed by atoms with E-state index in [0.29, 0.717) is 13.1 Å². The fraction of sp³-hybridized carbons (Fsp3) is 0.909. The Hall–Kier alpha value is -0.610. The molecule has 88 valence electrons. The molecule has 0 saturated carbocycles. The smallest absolute Gasteiger partial charge is 0.236 e. The van der Waals surface area contributed by atoms with E-state index >= 15 is 0 Å². The molecule has 1 fully saturated rings. The van der Waals surface area contributed by atoms with Crippen LogP contribution in [0, 0.1) is 5.92 Å². The summed E-state index contributed by atoms with van der Waals surface area (Å²) in [6, 6.07) is 0. The zero-order valence-electron chi connectivity index (χ0n) is 9.91. The van der Waals surface area contributed by atoms with Gasteiger partial charge in [-0.15, -0.1) is 0 Å². The molecule has 4 heteroatoms. The number of likely N-dealkylation sites (tertiary alicyclic amines) is 1. The van der Waals surface area contributed by atoms with Crippen molar-refractivity contribution in [1.29, 1.82) is 0 Å². The molecule has 1 atom stereocenters. The first kappa shape index (κ1) is 12.5. The number of rotatable bonds is 5. The van der Waals surface area contributed by atoms with Crippen LogP contribution in [0.5, 0.6) is 0 Å². The van der Waals surface area contributed by atoms with Crippen molar-refractivity contribution in [2.45, 2.75) is 19.8 Å². The highest BCUT2D eigenvalue weighted by Gasteiger charge is 2.21. The fourth-order valence-electron chi connectivity index (χ4n) is 1.94. The number of carbonyl (C=O) groups excluding carboxylic acids is 1. The van der Waals surface area contributed by atoms with Gasteiger partial charge in [0.05, 0.1) is 6.54 Å². The lowest BCUT2D eigenvalue weighted by Crippen LogP contribution is -2.38. The maximum Gasteiger partial charge on any atom is 0.236 e. The topological polar surface area (TPSA) is 49.6 Å². The van der Waals surface area contributed by atoms with Crippen molar-refractivity contribution in [3.05, 3.63) is 0 Å². The van der Waals surface area contributed by atoms with Crippen molar-refractivity contribution in [3.8, 4) is 0 Å². The number of amides is 1. The van der Waals surface area contributed by atoms with Gasteiger partial charge in [0, 0.05) is 20.1 Å². The predicted octanol–water partition coefficient (Wildman–Crippen LogP) is 0.135. The Morgan fingerprint density at radius 1 is 1.60 bits per heavy atom. The first-order valence-electron chi connectivity index (χ1n) is 5.80. The number of hydrogen-bond donors (Lipinski definition) is 1. The summed E-state index contributed by atoms with van der Waals surface area (Å²) in [7, 11) is 1.86. The molecule has 0 aromatic carbocycles. The first-order valence-corrected chi connectivity index (χ1v) is 5.80. The third-order valence-electron chi connectivity index (χ3n) is 2.99. The molecule has 1 amide bonds. The van der Waals surface area contributed by atoms with Crippen LogP contribution < -0.4 is 5.73 Å². The van der Waals surface area contributed by atoms with Crippen LogP contribution in [0.3, 0.4) is 0 Å². The summed E-state index contributed by atoms with van der Waals surface area (Å²) >= 11 is 0. The SMILES string of the molecule is CC1CCN(CC(=O)N(C)CCCN)C1. The Morgan fingerprint density at radius 3 is 2.87 bits per heavy atom. The van der Waals surface area contributed by atoms with Crippen LogP contribution in [0.15, 0.2) is 0 Å². The summed E-state index contributed by atoms with van der Waals surface area (Å²) in [5.41, 5.74) is 5.41. The molecule has 0 spiro atoms. The summed E-state index contributed by atoms with van der Waals surface area (Å²) in [4.78, 5) is 15.8. The molecule has 0 aliphatic carbocycles. The lowest BCUT2D eigenvalue weighted by atomic mass is 10.2. The molecule has 1 aliphatic heterocycles. The molecule has 4 nitrogen and oxygen atoms in total. The van der Waals surface area contributed by atoms with Crippen molar-refractivity contribution in [1.82, 2.24) is 9.80 Å². The zero-order chi connectivity index (χ0) is 11.3. The number of hydrogen-bond acceptors (Lipinski definition) is 3. The van der Waals surface area contributed by atoms with Crippen molar-refractivity contribution in [3.63, 3.8) is 0 Å². The van der Waals surface area contributed by atoms with Gasteiger partial charge in [0.1, 0.15) is 0 Å². The molecule has 15 heavy (non-hydrogen) atoms. The lowest BCUT2D eigenvalue weighted by molar-refractivity contribution is -0.130. The van der Waals surface area contributed by atoms with E-state index in [1.165, 1.54) is 6.42 Å². The van der Waals surface area contributed by atoms with Gasteiger partial charge in [-0.25, -0.2) is 0 Å². The quantitative estimate of drug-likeness (QED) is 0.706. The third kappa shape index (κ3) is 4.18. The van der Waals surface area contributed by atoms with Crippen LogP contribution in [0.4, 0.5) is 0 Å². The molecule has 0 aromatic heterocycles. The molecule has 1 unspecified atom stereocenters. The number of nitrogens with zero attached hydrogens (tertiary/aromatic N) is 2. The van der Waals surface area contributed by atoms with Crippen LogP contribution in [-0.2, 0) is 4.79 Å². The number of carbonyl (C=O) groups is 1. The van der Waals surface area contributed by atoms with Crippen LogP contribution in [0.25, 0.3) is 0 Å². The van der Waals surface area contributed by atoms with Crippen molar-refractivity contribution >= 4 is 5.91 Å². The third-order valence-corrected chi connectivity index (χ3v) is 2.99. The first-order chi connectivity index (χ1) is 7.13. The number of likely N-dealkylation sites (N-methyl/N-ethyl adjacent to an activating group) is 1. The van der Waals surface area contributed by atoms with Gasteiger partial charge >= 0.3 is 0 Å². The summed E-state index contributed by atoms with van der Waals surface area (Å²) in [6.07, 6.45) is 2.11. The maximum absolute atomic E-state index is 11.8. The van der Waals surface area contributed by atoms with Crippen molar-refractivity contribution in [2.75, 3.05) is 39.8 Å². The van der Waals surface area contributed by atoms with Gasteiger partial charge in [-0.3, -0.25) is 9.69 Å². The predicted molar refractivity (Wildman–Crippen MR) is 61.5 cm³/mol. The maximum atomic E-state index is 11.8. The second-order valence-corrected chi connectivity index (χ2v) is 4.59. The molecule has 1 saturated heterocycles. The molecule has 0 radical (unpaired) electrons. The van der Waals surface area contributed by atoms with Crippen LogP contribution >= 0.6 is 0 Å². The largest absolute Gasteiger partial charge is 0.345 e. The summed E-state index contributed by atoms with van der Waals surface area (Å²) < 4.78 is 0. The molecular formula is C11H23N3O. The standard InChI is InChI=1S/C11H23N3O/c1-10-4-7-14(8-10)9-11(15)13(2)6-3-5-12/h10H,3-9,12H2,1-2H3. The highest BCUT2D eigenvalue weighted by atomic mass is 16.2. The van der Waals surface area contributed by atoms with Crippen LogP contribution in [0.1, 0.15) is 19.8 Å². The second-order valence-electron chi connectivity index (χ2n) is 4.59. The highest BCUT2D eigenvalue weighted by Crippen LogP contribution is 2.14. The van der Waals surface area contributed by atoms with Gasteiger partial charge in [-0.05, 0) is 31.8 Å². The molecule has 2 N–H and O–H groups in total. The van der Waals surface area contributed by atoms with Gasteiger partial charge in [0.25, 0.3) is 0 Å². The van der Waals surface area contributed by atoms with E-state index in [4.69, 9.17) is 5.73 Å².